The molecule has 0 saturated carbocycles. The van der Waals surface area contributed by atoms with Crippen LogP contribution >= 0.6 is 0 Å². The SMILES string of the molecule is COC(=O)COc1nc(-c2ccc(F)cn2)n(O)n1. The number of halogens is 1. The first-order chi connectivity index (χ1) is 9.10. The molecule has 0 saturated heterocycles. The van der Waals surface area contributed by atoms with Crippen molar-refractivity contribution in [2.75, 3.05) is 13.7 Å². The lowest BCUT2D eigenvalue weighted by molar-refractivity contribution is -0.143. The highest BCUT2D eigenvalue weighted by Gasteiger charge is 2.14. The topological polar surface area (TPSA) is 99.4 Å². The van der Waals surface area contributed by atoms with Crippen molar-refractivity contribution in [3.05, 3.63) is 24.1 Å². The molecule has 0 aromatic carbocycles. The van der Waals surface area contributed by atoms with Crippen molar-refractivity contribution in [3.63, 3.8) is 0 Å². The third kappa shape index (κ3) is 2.94. The largest absolute Gasteiger partial charge is 0.466 e. The first kappa shape index (κ1) is 12.7. The van der Waals surface area contributed by atoms with Gasteiger partial charge in [-0.05, 0) is 12.1 Å². The molecule has 0 aliphatic rings. The van der Waals surface area contributed by atoms with Crippen LogP contribution < -0.4 is 4.74 Å². The fourth-order valence-corrected chi connectivity index (χ4v) is 1.20. The third-order valence-corrected chi connectivity index (χ3v) is 2.07. The zero-order chi connectivity index (χ0) is 13.8. The molecular formula is C10H9FN4O4. The van der Waals surface area contributed by atoms with E-state index in [1.807, 2.05) is 0 Å². The third-order valence-electron chi connectivity index (χ3n) is 2.07. The molecule has 2 rings (SSSR count). The van der Waals surface area contributed by atoms with E-state index < -0.39 is 18.4 Å². The Kier molecular flexibility index (Phi) is 3.55. The molecular weight excluding hydrogens is 259 g/mol. The average molecular weight is 268 g/mol. The zero-order valence-electron chi connectivity index (χ0n) is 9.78. The number of hydrogen-bond acceptors (Lipinski definition) is 7. The van der Waals surface area contributed by atoms with E-state index in [2.05, 4.69) is 19.8 Å². The van der Waals surface area contributed by atoms with E-state index in [1.54, 1.807) is 0 Å². The van der Waals surface area contributed by atoms with Crippen LogP contribution in [0.1, 0.15) is 0 Å². The predicted octanol–water partition coefficient (Wildman–Crippen LogP) is 0.268. The van der Waals surface area contributed by atoms with Crippen LogP contribution in [0.4, 0.5) is 4.39 Å². The van der Waals surface area contributed by atoms with Crippen LogP contribution in [0.15, 0.2) is 18.3 Å². The highest BCUT2D eigenvalue weighted by Crippen LogP contribution is 2.16. The molecule has 2 aromatic rings. The summed E-state index contributed by atoms with van der Waals surface area (Å²) < 4.78 is 22.0. The molecule has 0 amide bonds. The van der Waals surface area contributed by atoms with Crippen molar-refractivity contribution in [2.24, 2.45) is 0 Å². The van der Waals surface area contributed by atoms with Crippen LogP contribution in [0.25, 0.3) is 11.5 Å². The Bertz CT molecular complexity index is 584. The van der Waals surface area contributed by atoms with Crippen LogP contribution in [0, 0.1) is 5.82 Å². The summed E-state index contributed by atoms with van der Waals surface area (Å²) in [6, 6.07) is 2.25. The number of carbonyl (C=O) groups excluding carboxylic acids is 1. The van der Waals surface area contributed by atoms with Gasteiger partial charge in [-0.1, -0.05) is 9.94 Å². The van der Waals surface area contributed by atoms with Crippen LogP contribution in [-0.2, 0) is 9.53 Å². The molecule has 19 heavy (non-hydrogen) atoms. The van der Waals surface area contributed by atoms with Gasteiger partial charge in [0.05, 0.1) is 13.3 Å². The second kappa shape index (κ2) is 5.29. The van der Waals surface area contributed by atoms with Gasteiger partial charge in [-0.15, -0.1) is 0 Å². The Morgan fingerprint density at radius 3 is 2.95 bits per heavy atom. The second-order valence-electron chi connectivity index (χ2n) is 3.33. The van der Waals surface area contributed by atoms with E-state index >= 15 is 0 Å². The Labute approximate surface area is 106 Å². The first-order valence-corrected chi connectivity index (χ1v) is 5.08. The minimum absolute atomic E-state index is 0.0418. The molecule has 0 fully saturated rings. The van der Waals surface area contributed by atoms with Gasteiger partial charge in [0.2, 0.25) is 5.82 Å². The maximum Gasteiger partial charge on any atom is 0.344 e. The van der Waals surface area contributed by atoms with Crippen LogP contribution in [0.5, 0.6) is 6.01 Å². The van der Waals surface area contributed by atoms with Crippen molar-refractivity contribution in [2.45, 2.75) is 0 Å². The van der Waals surface area contributed by atoms with Gasteiger partial charge in [-0.25, -0.2) is 14.2 Å². The zero-order valence-corrected chi connectivity index (χ0v) is 9.78. The van der Waals surface area contributed by atoms with Crippen molar-refractivity contribution >= 4 is 5.97 Å². The molecule has 8 nitrogen and oxygen atoms in total. The summed E-state index contributed by atoms with van der Waals surface area (Å²) >= 11 is 0. The van der Waals surface area contributed by atoms with Gasteiger partial charge in [0.15, 0.2) is 6.61 Å². The van der Waals surface area contributed by atoms with Gasteiger partial charge in [-0.2, -0.15) is 4.98 Å². The minimum Gasteiger partial charge on any atom is -0.466 e. The fourth-order valence-electron chi connectivity index (χ4n) is 1.20. The number of aromatic nitrogens is 4. The number of rotatable bonds is 4. The summed E-state index contributed by atoms with van der Waals surface area (Å²) in [5.74, 6) is -1.18. The maximum atomic E-state index is 12.7. The molecule has 0 bridgehead atoms. The summed E-state index contributed by atoms with van der Waals surface area (Å²) in [6.45, 7) is -0.392. The van der Waals surface area contributed by atoms with E-state index in [0.29, 0.717) is 4.85 Å². The number of ether oxygens (including phenoxy) is 2. The molecule has 0 radical (unpaired) electrons. The molecule has 0 unspecified atom stereocenters. The van der Waals surface area contributed by atoms with E-state index in [9.17, 15) is 14.4 Å². The fraction of sp³-hybridized carbons (Fsp3) is 0.200. The van der Waals surface area contributed by atoms with Crippen molar-refractivity contribution < 1.29 is 23.9 Å². The van der Waals surface area contributed by atoms with Gasteiger partial charge in [0.1, 0.15) is 11.5 Å². The van der Waals surface area contributed by atoms with Crippen LogP contribution in [-0.4, -0.2) is 44.8 Å². The van der Waals surface area contributed by atoms with Crippen molar-refractivity contribution in [1.29, 1.82) is 0 Å². The van der Waals surface area contributed by atoms with Crippen molar-refractivity contribution in [1.82, 2.24) is 19.9 Å². The lowest BCUT2D eigenvalue weighted by Crippen LogP contribution is -2.13. The molecule has 1 N–H and O–H groups in total. The summed E-state index contributed by atoms with van der Waals surface area (Å²) in [4.78, 5) is 18.8. The molecule has 0 aliphatic carbocycles. The Morgan fingerprint density at radius 1 is 1.53 bits per heavy atom. The number of esters is 1. The highest BCUT2D eigenvalue weighted by molar-refractivity contribution is 5.70. The van der Waals surface area contributed by atoms with Gasteiger partial charge in [0, 0.05) is 0 Å². The van der Waals surface area contributed by atoms with Gasteiger partial charge in [0.25, 0.3) is 0 Å². The Morgan fingerprint density at radius 2 is 2.32 bits per heavy atom. The first-order valence-electron chi connectivity index (χ1n) is 5.08. The van der Waals surface area contributed by atoms with E-state index in [-0.39, 0.29) is 17.5 Å². The molecule has 2 heterocycles. The van der Waals surface area contributed by atoms with Crippen LogP contribution in [0.3, 0.4) is 0 Å². The molecule has 100 valence electrons. The number of hydrogen-bond donors (Lipinski definition) is 1. The Balaban J connectivity index is 2.16. The Hall–Kier alpha value is -2.71. The lowest BCUT2D eigenvalue weighted by Gasteiger charge is -1.97. The number of methoxy groups -OCH3 is 1. The molecule has 2 aromatic heterocycles. The van der Waals surface area contributed by atoms with E-state index in [1.165, 1.54) is 13.2 Å². The number of pyridine rings is 1. The normalized spacial score (nSPS) is 10.2. The standard InChI is InChI=1S/C10H9FN4O4/c1-18-8(16)5-19-10-13-9(15(17)14-10)7-3-2-6(11)4-12-7/h2-4,17H,5H2,1H3. The smallest absolute Gasteiger partial charge is 0.344 e. The summed E-state index contributed by atoms with van der Waals surface area (Å²) in [5, 5.41) is 13.0. The lowest BCUT2D eigenvalue weighted by atomic mass is 10.3. The second-order valence-corrected chi connectivity index (χ2v) is 3.33. The molecule has 0 spiro atoms. The monoisotopic (exact) mass is 268 g/mol. The van der Waals surface area contributed by atoms with Gasteiger partial charge >= 0.3 is 12.0 Å². The molecule has 0 atom stereocenters. The summed E-state index contributed by atoms with van der Waals surface area (Å²) in [6.07, 6.45) is 0.971. The number of carbonyl (C=O) groups is 1. The maximum absolute atomic E-state index is 12.7. The van der Waals surface area contributed by atoms with E-state index in [0.717, 1.165) is 12.3 Å². The predicted molar refractivity (Wildman–Crippen MR) is 57.9 cm³/mol. The molecule has 9 heteroatoms. The highest BCUT2D eigenvalue weighted by atomic mass is 19.1. The quantitative estimate of drug-likeness (QED) is 0.627. The number of nitrogens with zero attached hydrogens (tertiary/aromatic N) is 4. The summed E-state index contributed by atoms with van der Waals surface area (Å²) in [5.41, 5.74) is 0.198. The minimum atomic E-state index is -0.615. The van der Waals surface area contributed by atoms with Crippen molar-refractivity contribution in [3.8, 4) is 17.5 Å². The summed E-state index contributed by atoms with van der Waals surface area (Å²) in [7, 11) is 1.21. The van der Waals surface area contributed by atoms with Crippen LogP contribution in [0.2, 0.25) is 0 Å². The average Bonchev–Trinajstić information content (AvgIpc) is 2.78. The van der Waals surface area contributed by atoms with Gasteiger partial charge in [-0.3, -0.25) is 0 Å². The van der Waals surface area contributed by atoms with Gasteiger partial charge < -0.3 is 14.7 Å². The molecule has 0 aliphatic heterocycles. The van der Waals surface area contributed by atoms with E-state index in [4.69, 9.17) is 4.74 Å².